The van der Waals surface area contributed by atoms with Gasteiger partial charge in [0.05, 0.1) is 18.4 Å². The maximum Gasteiger partial charge on any atom is 0.264 e. The molecule has 1 aliphatic heterocycles. The number of carbonyl (C=O) groups is 1. The summed E-state index contributed by atoms with van der Waals surface area (Å²) in [6, 6.07) is 2.58. The minimum absolute atomic E-state index is 0.0187. The average molecular weight is 326 g/mol. The number of aliphatic hydroxyl groups is 1. The number of hydrogen-bond donors (Lipinski definition) is 2. The van der Waals surface area contributed by atoms with E-state index in [0.717, 1.165) is 18.2 Å². The van der Waals surface area contributed by atoms with Gasteiger partial charge in [-0.05, 0) is 23.6 Å². The fourth-order valence-corrected chi connectivity index (χ4v) is 2.20. The number of carbonyl (C=O) groups excluding carboxylic acids is 1. The van der Waals surface area contributed by atoms with Gasteiger partial charge in [0.2, 0.25) is 6.10 Å². The number of amides is 1. The van der Waals surface area contributed by atoms with E-state index >= 15 is 0 Å². The molecule has 1 heterocycles. The standard InChI is InChI=1S/C16H20F2N2O3/c1-16(2,3)14(8-21)19-15(22)13-7-12(20-23-13)10-6-9(17)4-5-11(10)18/h4-6,13-14,21H,7-8H2,1-3H3,(H,19,22)/t13-,14+/m0/s1. The lowest BCUT2D eigenvalue weighted by Crippen LogP contribution is -2.49. The molecule has 5 nitrogen and oxygen atoms in total. The van der Waals surface area contributed by atoms with Crippen LogP contribution < -0.4 is 5.32 Å². The summed E-state index contributed by atoms with van der Waals surface area (Å²) < 4.78 is 27.0. The molecule has 0 fully saturated rings. The molecule has 2 atom stereocenters. The van der Waals surface area contributed by atoms with Gasteiger partial charge in [-0.15, -0.1) is 0 Å². The Hall–Kier alpha value is -2.02. The van der Waals surface area contributed by atoms with Crippen LogP contribution in [0.2, 0.25) is 0 Å². The van der Waals surface area contributed by atoms with Crippen LogP contribution >= 0.6 is 0 Å². The molecule has 2 rings (SSSR count). The highest BCUT2D eigenvalue weighted by molar-refractivity contribution is 6.04. The van der Waals surface area contributed by atoms with Crippen molar-refractivity contribution in [1.29, 1.82) is 0 Å². The van der Waals surface area contributed by atoms with E-state index in [1.165, 1.54) is 0 Å². The van der Waals surface area contributed by atoms with E-state index in [4.69, 9.17) is 4.84 Å². The van der Waals surface area contributed by atoms with Crippen LogP contribution in [0.25, 0.3) is 0 Å². The van der Waals surface area contributed by atoms with Crippen molar-refractivity contribution < 1.29 is 23.5 Å². The monoisotopic (exact) mass is 326 g/mol. The van der Waals surface area contributed by atoms with Gasteiger partial charge < -0.3 is 15.3 Å². The Morgan fingerprint density at radius 2 is 2.17 bits per heavy atom. The number of rotatable bonds is 4. The number of hydrogen-bond acceptors (Lipinski definition) is 4. The molecule has 0 aliphatic carbocycles. The molecule has 0 unspecified atom stereocenters. The van der Waals surface area contributed by atoms with Gasteiger partial charge >= 0.3 is 0 Å². The molecule has 1 aromatic carbocycles. The van der Waals surface area contributed by atoms with Gasteiger partial charge in [-0.1, -0.05) is 25.9 Å². The molecule has 1 amide bonds. The van der Waals surface area contributed by atoms with Crippen molar-refractivity contribution in [3.8, 4) is 0 Å². The molecule has 1 aromatic rings. The molecule has 0 spiro atoms. The Labute approximate surface area is 133 Å². The van der Waals surface area contributed by atoms with Gasteiger partial charge in [0.15, 0.2) is 0 Å². The molecule has 0 bridgehead atoms. The lowest BCUT2D eigenvalue weighted by molar-refractivity contribution is -0.133. The van der Waals surface area contributed by atoms with Crippen LogP contribution in [0.1, 0.15) is 32.8 Å². The average Bonchev–Trinajstić information content (AvgIpc) is 2.95. The highest BCUT2D eigenvalue weighted by Gasteiger charge is 2.33. The molecule has 0 radical (unpaired) electrons. The summed E-state index contributed by atoms with van der Waals surface area (Å²) in [5.41, 5.74) is -0.172. The highest BCUT2D eigenvalue weighted by atomic mass is 19.1. The normalized spacial score (nSPS) is 19.0. The third-order valence-electron chi connectivity index (χ3n) is 3.75. The Bertz CT molecular complexity index is 626. The summed E-state index contributed by atoms with van der Waals surface area (Å²) in [6.45, 7) is 5.43. The molecule has 0 saturated carbocycles. The van der Waals surface area contributed by atoms with E-state index < -0.39 is 29.7 Å². The van der Waals surface area contributed by atoms with Gasteiger partial charge in [0.25, 0.3) is 5.91 Å². The number of benzene rings is 1. The second kappa shape index (κ2) is 6.62. The summed E-state index contributed by atoms with van der Waals surface area (Å²) in [5.74, 6) is -1.67. The smallest absolute Gasteiger partial charge is 0.264 e. The lowest BCUT2D eigenvalue weighted by Gasteiger charge is -2.30. The van der Waals surface area contributed by atoms with E-state index in [-0.39, 0.29) is 29.7 Å². The molecule has 0 aromatic heterocycles. The first-order valence-corrected chi connectivity index (χ1v) is 7.31. The van der Waals surface area contributed by atoms with Crippen LogP contribution in [-0.2, 0) is 9.63 Å². The van der Waals surface area contributed by atoms with Crippen molar-refractivity contribution in [2.75, 3.05) is 6.61 Å². The Balaban J connectivity index is 2.04. The van der Waals surface area contributed by atoms with Crippen LogP contribution in [0.5, 0.6) is 0 Å². The van der Waals surface area contributed by atoms with E-state index in [1.54, 1.807) is 0 Å². The number of nitrogens with zero attached hydrogens (tertiary/aromatic N) is 1. The first kappa shape index (κ1) is 17.3. The quantitative estimate of drug-likeness (QED) is 0.889. The van der Waals surface area contributed by atoms with Crippen molar-refractivity contribution in [1.82, 2.24) is 5.32 Å². The minimum atomic E-state index is -0.927. The molecule has 126 valence electrons. The zero-order valence-electron chi connectivity index (χ0n) is 13.3. The fraction of sp³-hybridized carbons (Fsp3) is 0.500. The lowest BCUT2D eigenvalue weighted by atomic mass is 9.87. The van der Waals surface area contributed by atoms with Crippen LogP contribution in [0.3, 0.4) is 0 Å². The summed E-state index contributed by atoms with van der Waals surface area (Å²) in [7, 11) is 0. The summed E-state index contributed by atoms with van der Waals surface area (Å²) in [5, 5.41) is 15.8. The first-order valence-electron chi connectivity index (χ1n) is 7.31. The predicted octanol–water partition coefficient (Wildman–Crippen LogP) is 1.98. The third kappa shape index (κ3) is 4.04. The summed E-state index contributed by atoms with van der Waals surface area (Å²) in [6.07, 6.45) is -0.891. The summed E-state index contributed by atoms with van der Waals surface area (Å²) in [4.78, 5) is 17.2. The largest absolute Gasteiger partial charge is 0.394 e. The maximum absolute atomic E-state index is 13.7. The number of oxime groups is 1. The Kier molecular flexibility index (Phi) is 4.99. The van der Waals surface area contributed by atoms with Gasteiger partial charge in [0.1, 0.15) is 11.6 Å². The van der Waals surface area contributed by atoms with Crippen molar-refractivity contribution in [3.63, 3.8) is 0 Å². The molecule has 7 heteroatoms. The zero-order valence-corrected chi connectivity index (χ0v) is 13.3. The van der Waals surface area contributed by atoms with Crippen molar-refractivity contribution in [2.45, 2.75) is 39.3 Å². The Morgan fingerprint density at radius 3 is 2.78 bits per heavy atom. The second-order valence-corrected chi connectivity index (χ2v) is 6.57. The van der Waals surface area contributed by atoms with Crippen LogP contribution in [0.4, 0.5) is 8.78 Å². The van der Waals surface area contributed by atoms with Crippen molar-refractivity contribution in [2.24, 2.45) is 10.6 Å². The predicted molar refractivity (Wildman–Crippen MR) is 80.9 cm³/mol. The molecule has 0 saturated heterocycles. The molecule has 23 heavy (non-hydrogen) atoms. The van der Waals surface area contributed by atoms with Crippen LogP contribution in [0, 0.1) is 17.0 Å². The number of aliphatic hydroxyl groups excluding tert-OH is 1. The minimum Gasteiger partial charge on any atom is -0.394 e. The topological polar surface area (TPSA) is 70.9 Å². The van der Waals surface area contributed by atoms with Gasteiger partial charge in [-0.2, -0.15) is 0 Å². The number of nitrogens with one attached hydrogen (secondary N) is 1. The molecule has 1 aliphatic rings. The van der Waals surface area contributed by atoms with E-state index in [0.29, 0.717) is 0 Å². The molecular weight excluding hydrogens is 306 g/mol. The maximum atomic E-state index is 13.7. The van der Waals surface area contributed by atoms with Gasteiger partial charge in [-0.25, -0.2) is 8.78 Å². The second-order valence-electron chi connectivity index (χ2n) is 6.57. The highest BCUT2D eigenvalue weighted by Crippen LogP contribution is 2.22. The SMILES string of the molecule is CC(C)(C)[C@@H](CO)NC(=O)[C@@H]1CC(c2cc(F)ccc2F)=NO1. The first-order chi connectivity index (χ1) is 10.7. The van der Waals surface area contributed by atoms with E-state index in [1.807, 2.05) is 20.8 Å². The number of halogens is 2. The van der Waals surface area contributed by atoms with E-state index in [2.05, 4.69) is 10.5 Å². The van der Waals surface area contributed by atoms with Gasteiger partial charge in [0, 0.05) is 12.0 Å². The van der Waals surface area contributed by atoms with Crippen molar-refractivity contribution in [3.05, 3.63) is 35.4 Å². The Morgan fingerprint density at radius 1 is 1.48 bits per heavy atom. The van der Waals surface area contributed by atoms with Crippen LogP contribution in [-0.4, -0.2) is 35.5 Å². The van der Waals surface area contributed by atoms with Crippen LogP contribution in [0.15, 0.2) is 23.4 Å². The fourth-order valence-electron chi connectivity index (χ4n) is 2.20. The van der Waals surface area contributed by atoms with Crippen molar-refractivity contribution >= 4 is 11.6 Å². The summed E-state index contributed by atoms with van der Waals surface area (Å²) >= 11 is 0. The van der Waals surface area contributed by atoms with Gasteiger partial charge in [-0.3, -0.25) is 4.79 Å². The third-order valence-corrected chi connectivity index (χ3v) is 3.75. The zero-order chi connectivity index (χ0) is 17.2. The molecular formula is C16H20F2N2O3. The molecule has 2 N–H and O–H groups in total. The van der Waals surface area contributed by atoms with E-state index in [9.17, 15) is 18.7 Å².